The Hall–Kier alpha value is -1.57. The zero-order chi connectivity index (χ0) is 13.0. The number of aromatic nitrogens is 1. The number of benzene rings is 1. The Bertz CT molecular complexity index is 593. The Labute approximate surface area is 118 Å². The quantitative estimate of drug-likeness (QED) is 0.804. The molecule has 0 aliphatic carbocycles. The Morgan fingerprint density at radius 1 is 1.22 bits per heavy atom. The number of rotatable bonds is 3. The molecular formula is C13H8BrClN2O. The van der Waals surface area contributed by atoms with E-state index < -0.39 is 0 Å². The van der Waals surface area contributed by atoms with Crippen LogP contribution >= 0.6 is 27.5 Å². The monoisotopic (exact) mass is 322 g/mol. The van der Waals surface area contributed by atoms with E-state index in [1.807, 2.05) is 12.1 Å². The van der Waals surface area contributed by atoms with E-state index in [0.717, 1.165) is 5.56 Å². The molecule has 2 rings (SSSR count). The molecule has 90 valence electrons. The number of nitriles is 1. The zero-order valence-electron chi connectivity index (χ0n) is 9.23. The summed E-state index contributed by atoms with van der Waals surface area (Å²) in [5, 5.41) is 9.15. The highest BCUT2D eigenvalue weighted by Gasteiger charge is 2.04. The van der Waals surface area contributed by atoms with Crippen molar-refractivity contribution < 1.29 is 4.74 Å². The summed E-state index contributed by atoms with van der Waals surface area (Å²) in [6, 6.07) is 12.7. The van der Waals surface area contributed by atoms with E-state index in [4.69, 9.17) is 21.6 Å². The fourth-order valence-electron chi connectivity index (χ4n) is 1.33. The minimum atomic E-state index is 0.356. The van der Waals surface area contributed by atoms with Crippen molar-refractivity contribution in [3.05, 3.63) is 57.2 Å². The van der Waals surface area contributed by atoms with Gasteiger partial charge in [0.15, 0.2) is 0 Å². The molecule has 1 heterocycles. The third-order valence-corrected chi connectivity index (χ3v) is 2.97. The summed E-state index contributed by atoms with van der Waals surface area (Å²) in [5.41, 5.74) is 1.57. The first kappa shape index (κ1) is 12.9. The standard InChI is InChI=1S/C13H8BrClN2O/c14-12-6-5-11(15)13(17-12)18-8-10-3-1-9(7-16)2-4-10/h1-6H,8H2. The van der Waals surface area contributed by atoms with Crippen molar-refractivity contribution in [1.82, 2.24) is 4.98 Å². The lowest BCUT2D eigenvalue weighted by molar-refractivity contribution is 0.293. The maximum Gasteiger partial charge on any atom is 0.233 e. The average molecular weight is 324 g/mol. The molecule has 0 saturated carbocycles. The lowest BCUT2D eigenvalue weighted by atomic mass is 10.2. The van der Waals surface area contributed by atoms with Gasteiger partial charge in [-0.1, -0.05) is 23.7 Å². The number of hydrogen-bond donors (Lipinski definition) is 0. The lowest BCUT2D eigenvalue weighted by Crippen LogP contribution is -1.98. The molecule has 0 aliphatic heterocycles. The summed E-state index contributed by atoms with van der Waals surface area (Å²) >= 11 is 9.21. The summed E-state index contributed by atoms with van der Waals surface area (Å²) in [5.74, 6) is 0.385. The van der Waals surface area contributed by atoms with Gasteiger partial charge in [0.2, 0.25) is 5.88 Å². The van der Waals surface area contributed by atoms with Gasteiger partial charge in [0.05, 0.1) is 11.6 Å². The van der Waals surface area contributed by atoms with Gasteiger partial charge in [-0.3, -0.25) is 0 Å². The first-order valence-electron chi connectivity index (χ1n) is 5.13. The molecule has 1 aromatic heterocycles. The predicted molar refractivity (Wildman–Crippen MR) is 72.4 cm³/mol. The van der Waals surface area contributed by atoms with Gasteiger partial charge in [0, 0.05) is 0 Å². The van der Waals surface area contributed by atoms with Crippen molar-refractivity contribution in [3.8, 4) is 11.9 Å². The smallest absolute Gasteiger partial charge is 0.233 e. The van der Waals surface area contributed by atoms with Crippen LogP contribution in [0, 0.1) is 11.3 Å². The molecule has 0 saturated heterocycles. The van der Waals surface area contributed by atoms with Crippen molar-refractivity contribution in [2.75, 3.05) is 0 Å². The minimum Gasteiger partial charge on any atom is -0.472 e. The Morgan fingerprint density at radius 2 is 1.94 bits per heavy atom. The molecule has 0 aliphatic rings. The van der Waals surface area contributed by atoms with Crippen molar-refractivity contribution in [1.29, 1.82) is 5.26 Å². The number of hydrogen-bond acceptors (Lipinski definition) is 3. The second-order valence-corrected chi connectivity index (χ2v) is 4.74. The SMILES string of the molecule is N#Cc1ccc(COc2nc(Br)ccc2Cl)cc1. The van der Waals surface area contributed by atoms with Gasteiger partial charge in [-0.2, -0.15) is 5.26 Å². The van der Waals surface area contributed by atoms with E-state index in [1.165, 1.54) is 0 Å². The van der Waals surface area contributed by atoms with E-state index >= 15 is 0 Å². The molecule has 2 aromatic rings. The number of ether oxygens (including phenoxy) is 1. The lowest BCUT2D eigenvalue weighted by Gasteiger charge is -2.07. The fourth-order valence-corrected chi connectivity index (χ4v) is 1.78. The highest BCUT2D eigenvalue weighted by molar-refractivity contribution is 9.10. The van der Waals surface area contributed by atoms with Crippen LogP contribution in [0.3, 0.4) is 0 Å². The molecule has 1 aromatic carbocycles. The molecule has 0 N–H and O–H groups in total. The second-order valence-electron chi connectivity index (χ2n) is 3.52. The first-order valence-corrected chi connectivity index (χ1v) is 6.30. The zero-order valence-corrected chi connectivity index (χ0v) is 11.6. The number of pyridine rings is 1. The van der Waals surface area contributed by atoms with Crippen LogP contribution in [-0.2, 0) is 6.61 Å². The Balaban J connectivity index is 2.07. The predicted octanol–water partition coefficient (Wildman–Crippen LogP) is 3.95. The normalized spacial score (nSPS) is 9.83. The van der Waals surface area contributed by atoms with Gasteiger partial charge in [-0.15, -0.1) is 0 Å². The van der Waals surface area contributed by atoms with Crippen molar-refractivity contribution in [2.45, 2.75) is 6.61 Å². The molecule has 18 heavy (non-hydrogen) atoms. The molecule has 0 fully saturated rings. The fraction of sp³-hybridized carbons (Fsp3) is 0.0769. The first-order chi connectivity index (χ1) is 8.69. The van der Waals surface area contributed by atoms with Gasteiger partial charge in [-0.05, 0) is 45.8 Å². The van der Waals surface area contributed by atoms with Gasteiger partial charge in [-0.25, -0.2) is 4.98 Å². The van der Waals surface area contributed by atoms with Crippen LogP contribution in [0.4, 0.5) is 0 Å². The van der Waals surface area contributed by atoms with Crippen molar-refractivity contribution in [2.24, 2.45) is 0 Å². The molecule has 5 heteroatoms. The van der Waals surface area contributed by atoms with Gasteiger partial charge >= 0.3 is 0 Å². The maximum absolute atomic E-state index is 8.69. The summed E-state index contributed by atoms with van der Waals surface area (Å²) < 4.78 is 6.19. The summed E-state index contributed by atoms with van der Waals surface area (Å²) in [4.78, 5) is 4.13. The van der Waals surface area contributed by atoms with Crippen LogP contribution in [0.25, 0.3) is 0 Å². The third kappa shape index (κ3) is 3.22. The summed E-state index contributed by atoms with van der Waals surface area (Å²) in [6.45, 7) is 0.356. The third-order valence-electron chi connectivity index (χ3n) is 2.24. The van der Waals surface area contributed by atoms with Gasteiger partial charge < -0.3 is 4.74 Å². The average Bonchev–Trinajstić information content (AvgIpc) is 2.40. The molecule has 0 amide bonds. The van der Waals surface area contributed by atoms with Crippen molar-refractivity contribution in [3.63, 3.8) is 0 Å². The highest BCUT2D eigenvalue weighted by Crippen LogP contribution is 2.24. The Morgan fingerprint density at radius 3 is 2.61 bits per heavy atom. The van der Waals surface area contributed by atoms with Crippen LogP contribution in [0.5, 0.6) is 5.88 Å². The van der Waals surface area contributed by atoms with Gasteiger partial charge in [0.1, 0.15) is 16.2 Å². The minimum absolute atomic E-state index is 0.356. The summed E-state index contributed by atoms with van der Waals surface area (Å²) in [6.07, 6.45) is 0. The van der Waals surface area contributed by atoms with E-state index in [9.17, 15) is 0 Å². The van der Waals surface area contributed by atoms with E-state index in [2.05, 4.69) is 27.0 Å². The summed E-state index contributed by atoms with van der Waals surface area (Å²) in [7, 11) is 0. The molecular weight excluding hydrogens is 316 g/mol. The van der Waals surface area contributed by atoms with Crippen LogP contribution < -0.4 is 4.74 Å². The van der Waals surface area contributed by atoms with E-state index in [-0.39, 0.29) is 0 Å². The topological polar surface area (TPSA) is 45.9 Å². The number of nitrogens with zero attached hydrogens (tertiary/aromatic N) is 2. The molecule has 0 atom stereocenters. The second kappa shape index (κ2) is 5.85. The van der Waals surface area contributed by atoms with Crippen molar-refractivity contribution >= 4 is 27.5 Å². The van der Waals surface area contributed by atoms with Crippen LogP contribution in [0.15, 0.2) is 41.0 Å². The highest BCUT2D eigenvalue weighted by atomic mass is 79.9. The molecule has 0 unspecified atom stereocenters. The van der Waals surface area contributed by atoms with Crippen LogP contribution in [0.1, 0.15) is 11.1 Å². The molecule has 0 bridgehead atoms. The van der Waals surface area contributed by atoms with E-state index in [1.54, 1.807) is 24.3 Å². The van der Waals surface area contributed by atoms with Crippen LogP contribution in [0.2, 0.25) is 5.02 Å². The maximum atomic E-state index is 8.69. The molecule has 3 nitrogen and oxygen atoms in total. The largest absolute Gasteiger partial charge is 0.472 e. The Kier molecular flexibility index (Phi) is 4.19. The number of halogens is 2. The van der Waals surface area contributed by atoms with E-state index in [0.29, 0.717) is 27.7 Å². The molecule has 0 radical (unpaired) electrons. The van der Waals surface area contributed by atoms with Gasteiger partial charge in [0.25, 0.3) is 0 Å². The molecule has 0 spiro atoms. The van der Waals surface area contributed by atoms with Crippen LogP contribution in [-0.4, -0.2) is 4.98 Å².